The summed E-state index contributed by atoms with van der Waals surface area (Å²) in [6.45, 7) is 1.03. The number of nitrogens with zero attached hydrogens (tertiary/aromatic N) is 1. The van der Waals surface area contributed by atoms with E-state index in [0.717, 1.165) is 13.0 Å². The van der Waals surface area contributed by atoms with Gasteiger partial charge in [-0.1, -0.05) is 0 Å². The third-order valence-corrected chi connectivity index (χ3v) is 1.20. The molecule has 2 nitrogen and oxygen atoms in total. The molecule has 0 aliphatic heterocycles. The third kappa shape index (κ3) is 1.71. The second kappa shape index (κ2) is 2.92. The molecule has 4 heteroatoms. The Labute approximate surface area is 63.9 Å². The standard InChI is InChI=1S/C7H7F2NO/c1-4(11)6-2-5(8)3-10-7(6)9/h2-4,11H,1H3/i4D. The summed E-state index contributed by atoms with van der Waals surface area (Å²) in [5, 5.41) is 9.01. The van der Waals surface area contributed by atoms with Crippen LogP contribution in [0.25, 0.3) is 0 Å². The number of hydrogen-bond donors (Lipinski definition) is 1. The van der Waals surface area contributed by atoms with E-state index >= 15 is 0 Å². The van der Waals surface area contributed by atoms with Gasteiger partial charge in [0.15, 0.2) is 0 Å². The Morgan fingerprint density at radius 3 is 2.82 bits per heavy atom. The van der Waals surface area contributed by atoms with Crippen LogP contribution in [-0.4, -0.2) is 10.1 Å². The molecule has 0 fully saturated rings. The summed E-state index contributed by atoms with van der Waals surface area (Å²) in [7, 11) is 0. The highest BCUT2D eigenvalue weighted by Gasteiger charge is 2.09. The van der Waals surface area contributed by atoms with Crippen molar-refractivity contribution in [2.45, 2.75) is 13.0 Å². The summed E-state index contributed by atoms with van der Waals surface area (Å²) in [6.07, 6.45) is -1.47. The zero-order chi connectivity index (χ0) is 9.35. The summed E-state index contributed by atoms with van der Waals surface area (Å²) < 4.78 is 32.2. The highest BCUT2D eigenvalue weighted by Crippen LogP contribution is 2.14. The van der Waals surface area contributed by atoms with E-state index < -0.39 is 23.4 Å². The highest BCUT2D eigenvalue weighted by molar-refractivity contribution is 5.14. The Hall–Kier alpha value is -1.03. The molecule has 1 aromatic rings. The van der Waals surface area contributed by atoms with Gasteiger partial charge in [-0.2, -0.15) is 4.39 Å². The Bertz CT molecular complexity index is 298. The SMILES string of the molecule is [2H]C(C)(O)c1cc(F)cnc1F. The molecular formula is C7H7F2NO. The predicted octanol–water partition coefficient (Wildman–Crippen LogP) is 1.41. The number of aliphatic hydroxyl groups is 1. The van der Waals surface area contributed by atoms with Crippen molar-refractivity contribution in [1.29, 1.82) is 0 Å². The molecule has 0 aliphatic carbocycles. The monoisotopic (exact) mass is 160 g/mol. The van der Waals surface area contributed by atoms with Gasteiger partial charge in [0.2, 0.25) is 5.95 Å². The maximum atomic E-state index is 12.7. The molecule has 60 valence electrons. The molecule has 0 spiro atoms. The van der Waals surface area contributed by atoms with Gasteiger partial charge in [-0.25, -0.2) is 9.37 Å². The van der Waals surface area contributed by atoms with Gasteiger partial charge < -0.3 is 5.11 Å². The Balaban J connectivity index is 3.23. The lowest BCUT2D eigenvalue weighted by molar-refractivity contribution is 0.192. The fourth-order valence-corrected chi connectivity index (χ4v) is 0.676. The van der Waals surface area contributed by atoms with Crippen molar-refractivity contribution in [3.05, 3.63) is 29.6 Å². The lowest BCUT2D eigenvalue weighted by atomic mass is 10.2. The summed E-state index contributed by atoms with van der Waals surface area (Å²) in [5.41, 5.74) is -0.470. The minimum absolute atomic E-state index is 0.470. The molecule has 1 unspecified atom stereocenters. The number of aromatic nitrogens is 1. The molecule has 11 heavy (non-hydrogen) atoms. The number of halogens is 2. The molecule has 0 radical (unpaired) electrons. The largest absolute Gasteiger partial charge is 0.389 e. The van der Waals surface area contributed by atoms with Crippen molar-refractivity contribution in [3.63, 3.8) is 0 Å². The number of pyridine rings is 1. The van der Waals surface area contributed by atoms with Gasteiger partial charge in [0.25, 0.3) is 0 Å². The van der Waals surface area contributed by atoms with Crippen molar-refractivity contribution in [1.82, 2.24) is 4.98 Å². The molecule has 1 atom stereocenters. The smallest absolute Gasteiger partial charge is 0.218 e. The minimum atomic E-state index is -2.15. The highest BCUT2D eigenvalue weighted by atomic mass is 19.1. The van der Waals surface area contributed by atoms with Crippen LogP contribution in [0.1, 0.15) is 19.9 Å². The Kier molecular flexibility index (Phi) is 1.77. The van der Waals surface area contributed by atoms with E-state index in [2.05, 4.69) is 4.98 Å². The van der Waals surface area contributed by atoms with E-state index in [1.807, 2.05) is 0 Å². The molecule has 0 bridgehead atoms. The first-order chi connectivity index (χ1) is 5.41. The van der Waals surface area contributed by atoms with E-state index in [1.165, 1.54) is 0 Å². The van der Waals surface area contributed by atoms with Gasteiger partial charge in [-0.15, -0.1) is 0 Å². The van der Waals surface area contributed by atoms with Gasteiger partial charge in [-0.05, 0) is 13.0 Å². The van der Waals surface area contributed by atoms with E-state index in [1.54, 1.807) is 0 Å². The number of rotatable bonds is 1. The second-order valence-electron chi connectivity index (χ2n) is 2.08. The lowest BCUT2D eigenvalue weighted by Crippen LogP contribution is -1.99. The first-order valence-electron chi connectivity index (χ1n) is 3.45. The van der Waals surface area contributed by atoms with Crippen LogP contribution in [0.15, 0.2) is 12.3 Å². The van der Waals surface area contributed by atoms with E-state index in [0.29, 0.717) is 6.20 Å². The first kappa shape index (κ1) is 6.67. The molecule has 0 saturated carbocycles. The predicted molar refractivity (Wildman–Crippen MR) is 34.8 cm³/mol. The van der Waals surface area contributed by atoms with Gasteiger partial charge in [-0.3, -0.25) is 0 Å². The molecule has 0 aromatic carbocycles. The van der Waals surface area contributed by atoms with Crippen LogP contribution >= 0.6 is 0 Å². The lowest BCUT2D eigenvalue weighted by Gasteiger charge is -2.03. The van der Waals surface area contributed by atoms with Crippen LogP contribution in [0.5, 0.6) is 0 Å². The van der Waals surface area contributed by atoms with Gasteiger partial charge in [0.05, 0.1) is 13.6 Å². The average molecular weight is 160 g/mol. The second-order valence-corrected chi connectivity index (χ2v) is 2.08. The van der Waals surface area contributed by atoms with Crippen LogP contribution < -0.4 is 0 Å². The van der Waals surface area contributed by atoms with Gasteiger partial charge >= 0.3 is 0 Å². The van der Waals surface area contributed by atoms with Crippen molar-refractivity contribution in [2.75, 3.05) is 0 Å². The maximum Gasteiger partial charge on any atom is 0.218 e. The number of hydrogen-bond acceptors (Lipinski definition) is 2. The quantitative estimate of drug-likeness (QED) is 0.630. The fourth-order valence-electron chi connectivity index (χ4n) is 0.676. The van der Waals surface area contributed by atoms with Crippen molar-refractivity contribution < 1.29 is 15.3 Å². The maximum absolute atomic E-state index is 12.7. The van der Waals surface area contributed by atoms with Gasteiger partial charge in [0.1, 0.15) is 5.82 Å². The Morgan fingerprint density at radius 1 is 1.73 bits per heavy atom. The average Bonchev–Trinajstić information content (AvgIpc) is 1.92. The summed E-state index contributed by atoms with van der Waals surface area (Å²) in [5.74, 6) is -1.81. The van der Waals surface area contributed by atoms with Crippen molar-refractivity contribution in [2.24, 2.45) is 0 Å². The van der Waals surface area contributed by atoms with E-state index in [4.69, 9.17) is 6.48 Å². The third-order valence-electron chi connectivity index (χ3n) is 1.20. The topological polar surface area (TPSA) is 33.1 Å². The van der Waals surface area contributed by atoms with Crippen LogP contribution in [0.3, 0.4) is 0 Å². The van der Waals surface area contributed by atoms with Crippen LogP contribution in [0.4, 0.5) is 8.78 Å². The van der Waals surface area contributed by atoms with E-state index in [9.17, 15) is 8.78 Å². The zero-order valence-electron chi connectivity index (χ0n) is 6.81. The van der Waals surface area contributed by atoms with Crippen molar-refractivity contribution in [3.8, 4) is 0 Å². The molecule has 1 rings (SSSR count). The summed E-state index contributed by atoms with van der Waals surface area (Å²) in [4.78, 5) is 3.02. The zero-order valence-corrected chi connectivity index (χ0v) is 5.81. The normalized spacial score (nSPS) is 17.3. The van der Waals surface area contributed by atoms with Crippen molar-refractivity contribution >= 4 is 0 Å². The summed E-state index contributed by atoms with van der Waals surface area (Å²) >= 11 is 0. The molecular weight excluding hydrogens is 152 g/mol. The molecule has 1 heterocycles. The molecule has 1 aromatic heterocycles. The molecule has 0 saturated heterocycles. The van der Waals surface area contributed by atoms with Gasteiger partial charge in [0, 0.05) is 5.56 Å². The minimum Gasteiger partial charge on any atom is -0.389 e. The van der Waals surface area contributed by atoms with Crippen LogP contribution in [0, 0.1) is 11.8 Å². The molecule has 0 aliphatic rings. The first-order valence-corrected chi connectivity index (χ1v) is 2.95. The van der Waals surface area contributed by atoms with E-state index in [-0.39, 0.29) is 0 Å². The van der Waals surface area contributed by atoms with Crippen LogP contribution in [-0.2, 0) is 0 Å². The summed E-state index contributed by atoms with van der Waals surface area (Å²) in [6, 6.07) is 0.745. The molecule has 1 N–H and O–H groups in total. The van der Waals surface area contributed by atoms with Crippen LogP contribution in [0.2, 0.25) is 0 Å². The molecule has 0 amide bonds. The fraction of sp³-hybridized carbons (Fsp3) is 0.286. The Morgan fingerprint density at radius 2 is 2.36 bits per heavy atom.